The molecule has 0 rings (SSSR count). The minimum absolute atomic E-state index is 1.18. The largest absolute Gasteiger partial charge is 0.113 e. The van der Waals surface area contributed by atoms with Gasteiger partial charge in [0, 0.05) is 0 Å². The number of hydrogen-bond acceptors (Lipinski definition) is 0. The maximum absolute atomic E-state index is 3.58. The van der Waals surface area contributed by atoms with E-state index < -0.39 is 0 Å². The highest BCUT2D eigenvalue weighted by Gasteiger charge is 1.46. The van der Waals surface area contributed by atoms with Crippen LogP contribution in [-0.4, -0.2) is 12.5 Å². The molecule has 0 saturated carbocycles. The van der Waals surface area contributed by atoms with Crippen molar-refractivity contribution in [2.24, 2.45) is 0 Å². The van der Waals surface area contributed by atoms with Gasteiger partial charge >= 0.3 is 0 Å². The van der Waals surface area contributed by atoms with Gasteiger partial charge in [0.15, 0.2) is 0 Å². The lowest BCUT2D eigenvalue weighted by Gasteiger charge is -1.57. The minimum Gasteiger partial charge on any atom is -0.113 e. The zero-order chi connectivity index (χ0) is 3.41. The van der Waals surface area contributed by atoms with Gasteiger partial charge in [0.2, 0.25) is 0 Å². The standard InChI is InChI=1S/C3H7P/c1-3-4-2/h2-3H2,1H3. The van der Waals surface area contributed by atoms with E-state index >= 15 is 0 Å². The van der Waals surface area contributed by atoms with Gasteiger partial charge in [-0.15, -0.1) is 8.20 Å². The normalized spacial score (nSPS) is 8.25. The Morgan fingerprint density at radius 2 is 2.25 bits per heavy atom. The van der Waals surface area contributed by atoms with Crippen molar-refractivity contribution >= 4 is 14.5 Å². The van der Waals surface area contributed by atoms with Crippen LogP contribution in [0.3, 0.4) is 0 Å². The molecule has 4 heavy (non-hydrogen) atoms. The monoisotopic (exact) mass is 74.0 g/mol. The van der Waals surface area contributed by atoms with Crippen molar-refractivity contribution in [1.29, 1.82) is 0 Å². The van der Waals surface area contributed by atoms with Gasteiger partial charge in [0.1, 0.15) is 0 Å². The molecule has 0 atom stereocenters. The summed E-state index contributed by atoms with van der Waals surface area (Å²) in [7, 11) is 1.25. The number of rotatable bonds is 1. The van der Waals surface area contributed by atoms with Crippen molar-refractivity contribution in [3.8, 4) is 0 Å². The molecular weight excluding hydrogens is 67.0 g/mol. The van der Waals surface area contributed by atoms with Gasteiger partial charge in [-0.3, -0.25) is 0 Å². The Labute approximate surface area is 28.6 Å². The highest BCUT2D eigenvalue weighted by atomic mass is 31.1. The SMILES string of the molecule is C=PCC. The van der Waals surface area contributed by atoms with Crippen molar-refractivity contribution in [3.05, 3.63) is 0 Å². The fraction of sp³-hybridized carbons (Fsp3) is 0.667. The van der Waals surface area contributed by atoms with E-state index in [4.69, 9.17) is 0 Å². The Hall–Kier alpha value is 0.170. The minimum atomic E-state index is 1.18. The quantitative estimate of drug-likeness (QED) is 0.412. The molecule has 0 saturated heterocycles. The second-order valence-corrected chi connectivity index (χ2v) is 1.62. The van der Waals surface area contributed by atoms with Crippen molar-refractivity contribution in [3.63, 3.8) is 0 Å². The Kier molecular flexibility index (Phi) is 3.30. The second-order valence-electron chi connectivity index (χ2n) is 0.540. The van der Waals surface area contributed by atoms with E-state index in [2.05, 4.69) is 13.2 Å². The summed E-state index contributed by atoms with van der Waals surface area (Å²) in [6.07, 6.45) is 4.76. The van der Waals surface area contributed by atoms with Crippen LogP contribution in [0.2, 0.25) is 0 Å². The van der Waals surface area contributed by atoms with E-state index in [9.17, 15) is 0 Å². The van der Waals surface area contributed by atoms with Crippen LogP contribution in [0.15, 0.2) is 0 Å². The van der Waals surface area contributed by atoms with E-state index in [1.807, 2.05) is 0 Å². The van der Waals surface area contributed by atoms with E-state index in [-0.39, 0.29) is 0 Å². The molecule has 0 aromatic carbocycles. The first-order valence-electron chi connectivity index (χ1n) is 1.34. The third kappa shape index (κ3) is 2.17. The summed E-state index contributed by atoms with van der Waals surface area (Å²) in [5.41, 5.74) is 0. The van der Waals surface area contributed by atoms with Gasteiger partial charge in [0.25, 0.3) is 0 Å². The van der Waals surface area contributed by atoms with E-state index in [0.29, 0.717) is 0 Å². The summed E-state index contributed by atoms with van der Waals surface area (Å²) in [6, 6.07) is 0. The third-order valence-electron chi connectivity index (χ3n) is 0.224. The van der Waals surface area contributed by atoms with Crippen LogP contribution in [0.5, 0.6) is 0 Å². The fourth-order valence-electron chi connectivity index (χ4n) is 0. The molecule has 0 heterocycles. The lowest BCUT2D eigenvalue weighted by Crippen LogP contribution is -1.40. The highest BCUT2D eigenvalue weighted by Crippen LogP contribution is 1.81. The molecule has 24 valence electrons. The molecule has 0 aliphatic rings. The summed E-state index contributed by atoms with van der Waals surface area (Å²) in [4.78, 5) is 0. The Morgan fingerprint density at radius 3 is 2.25 bits per heavy atom. The molecule has 0 aliphatic carbocycles. The van der Waals surface area contributed by atoms with E-state index in [0.717, 1.165) is 0 Å². The average Bonchev–Trinajstić information content (AvgIpc) is 1.37. The Balaban J connectivity index is 2.30. The van der Waals surface area contributed by atoms with Gasteiger partial charge in [-0.2, -0.15) is 0 Å². The molecule has 0 fully saturated rings. The lowest BCUT2D eigenvalue weighted by atomic mass is 11.0. The summed E-state index contributed by atoms with van der Waals surface area (Å²) in [5, 5.41) is 0. The Morgan fingerprint density at radius 1 is 2.00 bits per heavy atom. The topological polar surface area (TPSA) is 0 Å². The van der Waals surface area contributed by atoms with Crippen LogP contribution >= 0.6 is 8.20 Å². The maximum atomic E-state index is 3.58. The van der Waals surface area contributed by atoms with Gasteiger partial charge in [-0.05, 0) is 6.16 Å². The first-order valence-corrected chi connectivity index (χ1v) is 2.60. The van der Waals surface area contributed by atoms with E-state index in [1.165, 1.54) is 14.4 Å². The summed E-state index contributed by atoms with van der Waals surface area (Å²) >= 11 is 0. The first kappa shape index (κ1) is 4.17. The number of hydrogen-bond donors (Lipinski definition) is 0. The van der Waals surface area contributed by atoms with Crippen molar-refractivity contribution in [2.45, 2.75) is 6.92 Å². The first-order chi connectivity index (χ1) is 1.91. The molecule has 0 nitrogen and oxygen atoms in total. The molecule has 1 heteroatoms. The van der Waals surface area contributed by atoms with Crippen molar-refractivity contribution in [2.75, 3.05) is 6.16 Å². The van der Waals surface area contributed by atoms with Gasteiger partial charge in [-0.25, -0.2) is 0 Å². The maximum Gasteiger partial charge on any atom is -0.0140 e. The lowest BCUT2D eigenvalue weighted by molar-refractivity contribution is 1.53. The average molecular weight is 74.1 g/mol. The molecule has 0 spiro atoms. The van der Waals surface area contributed by atoms with Crippen LogP contribution < -0.4 is 0 Å². The smallest absolute Gasteiger partial charge is 0.0140 e. The zero-order valence-corrected chi connectivity index (χ0v) is 3.76. The highest BCUT2D eigenvalue weighted by molar-refractivity contribution is 7.36. The third-order valence-corrected chi connectivity index (χ3v) is 0.671. The summed E-state index contributed by atoms with van der Waals surface area (Å²) in [5.74, 6) is 0. The molecule has 0 bridgehead atoms. The van der Waals surface area contributed by atoms with Crippen LogP contribution in [0.25, 0.3) is 0 Å². The molecule has 0 N–H and O–H groups in total. The predicted molar refractivity (Wildman–Crippen MR) is 24.6 cm³/mol. The van der Waals surface area contributed by atoms with Crippen LogP contribution in [0.1, 0.15) is 6.92 Å². The van der Waals surface area contributed by atoms with Crippen molar-refractivity contribution < 1.29 is 0 Å². The Bertz CT molecular complexity index is 17.2. The van der Waals surface area contributed by atoms with Crippen LogP contribution in [0.4, 0.5) is 0 Å². The summed E-state index contributed by atoms with van der Waals surface area (Å²) < 4.78 is 0. The second kappa shape index (κ2) is 3.17. The predicted octanol–water partition coefficient (Wildman–Crippen LogP) is 1.38. The fourth-order valence-corrected chi connectivity index (χ4v) is 0. The molecule has 0 radical (unpaired) electrons. The molecule has 0 aromatic heterocycles. The molecule has 0 amide bonds. The molecule has 0 aliphatic heterocycles. The van der Waals surface area contributed by atoms with Crippen LogP contribution in [-0.2, 0) is 0 Å². The van der Waals surface area contributed by atoms with Crippen molar-refractivity contribution in [1.82, 2.24) is 0 Å². The molecular formula is C3H7P. The van der Waals surface area contributed by atoms with Gasteiger partial charge < -0.3 is 0 Å². The van der Waals surface area contributed by atoms with Gasteiger partial charge in [0.05, 0.1) is 0 Å². The molecule has 0 unspecified atom stereocenters. The summed E-state index contributed by atoms with van der Waals surface area (Å²) in [6.45, 7) is 2.11. The van der Waals surface area contributed by atoms with Crippen LogP contribution in [0, 0.1) is 0 Å². The van der Waals surface area contributed by atoms with Gasteiger partial charge in [-0.1, -0.05) is 13.2 Å². The van der Waals surface area contributed by atoms with E-state index in [1.54, 1.807) is 0 Å². The molecule has 0 aromatic rings. The zero-order valence-electron chi connectivity index (χ0n) is 2.86.